The number of rotatable bonds is 3. The normalized spacial score (nSPS) is 18.0. The lowest BCUT2D eigenvalue weighted by Crippen LogP contribution is -2.21. The molecule has 0 spiro atoms. The second kappa shape index (κ2) is 3.87. The molecule has 0 aromatic heterocycles. The molecular weight excluding hydrogens is 100 g/mol. The van der Waals surface area contributed by atoms with Crippen LogP contribution in [0, 0.1) is 13.8 Å². The molecule has 0 saturated heterocycles. The summed E-state index contributed by atoms with van der Waals surface area (Å²) in [5.74, 6) is 0. The molecule has 0 rings (SSSR count). The minimum atomic E-state index is 0.0165. The first kappa shape index (κ1) is 7.92. The average molecular weight is 114 g/mol. The maximum atomic E-state index is 5.35. The van der Waals surface area contributed by atoms with Crippen LogP contribution in [0.5, 0.6) is 0 Å². The molecule has 0 aromatic rings. The maximum Gasteiger partial charge on any atom is 0.00399 e. The van der Waals surface area contributed by atoms with Crippen molar-refractivity contribution in [3.8, 4) is 0 Å². The zero-order valence-corrected chi connectivity index (χ0v) is 5.14. The summed E-state index contributed by atoms with van der Waals surface area (Å²) >= 11 is 0. The number of nitrogens with two attached hydrogens (primary N) is 2. The van der Waals surface area contributed by atoms with Crippen molar-refractivity contribution in [3.63, 3.8) is 0 Å². The third kappa shape index (κ3) is 5.92. The molecule has 0 aliphatic carbocycles. The molecule has 0 saturated carbocycles. The van der Waals surface area contributed by atoms with Gasteiger partial charge in [-0.1, -0.05) is 0 Å². The molecule has 2 atom stereocenters. The highest BCUT2D eigenvalue weighted by molar-refractivity contribution is 4.69. The first-order valence-electron chi connectivity index (χ1n) is 2.80. The van der Waals surface area contributed by atoms with Crippen molar-refractivity contribution in [2.24, 2.45) is 11.5 Å². The molecule has 2 heteroatoms. The fourth-order valence-corrected chi connectivity index (χ4v) is 0.428. The monoisotopic (exact) mass is 114 g/mol. The number of hydrogen-bond donors (Lipinski definition) is 2. The van der Waals surface area contributed by atoms with Crippen LogP contribution in [0.25, 0.3) is 0 Å². The first-order chi connectivity index (χ1) is 3.63. The highest BCUT2D eigenvalue weighted by atomic mass is 14.6. The van der Waals surface area contributed by atoms with Gasteiger partial charge >= 0.3 is 0 Å². The van der Waals surface area contributed by atoms with Gasteiger partial charge < -0.3 is 11.5 Å². The average Bonchev–Trinajstić information content (AvgIpc) is 1.61. The lowest BCUT2D eigenvalue weighted by Gasteiger charge is -2.05. The Bertz CT molecular complexity index is 42.5. The van der Waals surface area contributed by atoms with E-state index in [-0.39, 0.29) is 12.1 Å². The molecule has 2 unspecified atom stereocenters. The van der Waals surface area contributed by atoms with Crippen molar-refractivity contribution >= 4 is 0 Å². The van der Waals surface area contributed by atoms with E-state index < -0.39 is 0 Å². The maximum absolute atomic E-state index is 5.35. The Morgan fingerprint density at radius 1 is 1.00 bits per heavy atom. The zero-order chi connectivity index (χ0) is 6.57. The summed E-state index contributed by atoms with van der Waals surface area (Å²) in [7, 11) is 0. The lowest BCUT2D eigenvalue weighted by atomic mass is 10.1. The minimum Gasteiger partial charge on any atom is -0.328 e. The van der Waals surface area contributed by atoms with E-state index in [4.69, 9.17) is 11.5 Å². The Balaban J connectivity index is 2.93. The largest absolute Gasteiger partial charge is 0.328 e. The van der Waals surface area contributed by atoms with Crippen LogP contribution in [-0.2, 0) is 0 Å². The van der Waals surface area contributed by atoms with E-state index in [0.29, 0.717) is 0 Å². The van der Waals surface area contributed by atoms with Gasteiger partial charge in [0.1, 0.15) is 0 Å². The second-order valence-electron chi connectivity index (χ2n) is 2.10. The minimum absolute atomic E-state index is 0.0165. The van der Waals surface area contributed by atoms with Crippen LogP contribution in [0.1, 0.15) is 12.8 Å². The highest BCUT2D eigenvalue weighted by Crippen LogP contribution is 1.94. The molecule has 2 nitrogen and oxygen atoms in total. The van der Waals surface area contributed by atoms with E-state index in [9.17, 15) is 0 Å². The smallest absolute Gasteiger partial charge is 0.00399 e. The van der Waals surface area contributed by atoms with E-state index in [1.54, 1.807) is 0 Å². The van der Waals surface area contributed by atoms with Gasteiger partial charge in [-0.05, 0) is 26.7 Å². The van der Waals surface area contributed by atoms with Crippen molar-refractivity contribution in [2.75, 3.05) is 0 Å². The molecule has 0 aliphatic rings. The summed E-state index contributed by atoms with van der Waals surface area (Å²) in [4.78, 5) is 0. The van der Waals surface area contributed by atoms with Gasteiger partial charge in [0.15, 0.2) is 0 Å². The van der Waals surface area contributed by atoms with Crippen LogP contribution in [0.15, 0.2) is 0 Å². The summed E-state index contributed by atoms with van der Waals surface area (Å²) in [5.41, 5.74) is 10.7. The third-order valence-electron chi connectivity index (χ3n) is 0.908. The molecule has 48 valence electrons. The van der Waals surface area contributed by atoms with Crippen molar-refractivity contribution < 1.29 is 0 Å². The predicted octanol–water partition coefficient (Wildman–Crippen LogP) is 0.0894. The van der Waals surface area contributed by atoms with Crippen LogP contribution >= 0.6 is 0 Å². The molecule has 0 amide bonds. The van der Waals surface area contributed by atoms with Crippen molar-refractivity contribution in [1.82, 2.24) is 0 Å². The molecule has 0 fully saturated rings. The molecule has 8 heavy (non-hydrogen) atoms. The first-order valence-corrected chi connectivity index (χ1v) is 2.80. The van der Waals surface area contributed by atoms with E-state index >= 15 is 0 Å². The van der Waals surface area contributed by atoms with Gasteiger partial charge in [-0.3, -0.25) is 0 Å². The molecule has 4 N–H and O–H groups in total. The Morgan fingerprint density at radius 3 is 1.38 bits per heavy atom. The quantitative estimate of drug-likeness (QED) is 0.546. The standard InChI is InChI=1S/C6H14N2/c1-5(7)3-4-6(2)8/h5-6H,1-4,7-8H2. The Labute approximate surface area is 51.2 Å². The third-order valence-corrected chi connectivity index (χ3v) is 0.908. The van der Waals surface area contributed by atoms with Crippen molar-refractivity contribution in [1.29, 1.82) is 0 Å². The summed E-state index contributed by atoms with van der Waals surface area (Å²) in [5, 5.41) is 0. The molecular formula is C6H14N2. The fraction of sp³-hybridized carbons (Fsp3) is 0.667. The van der Waals surface area contributed by atoms with Gasteiger partial charge in [0, 0.05) is 12.1 Å². The highest BCUT2D eigenvalue weighted by Gasteiger charge is 1.96. The summed E-state index contributed by atoms with van der Waals surface area (Å²) in [6, 6.07) is 0.0330. The van der Waals surface area contributed by atoms with E-state index in [0.717, 1.165) is 12.8 Å². The van der Waals surface area contributed by atoms with Crippen LogP contribution < -0.4 is 11.5 Å². The summed E-state index contributed by atoms with van der Waals surface area (Å²) < 4.78 is 0. The fourth-order valence-electron chi connectivity index (χ4n) is 0.428. The Kier molecular flexibility index (Phi) is 3.83. The zero-order valence-electron chi connectivity index (χ0n) is 5.14. The van der Waals surface area contributed by atoms with Crippen LogP contribution in [0.4, 0.5) is 0 Å². The van der Waals surface area contributed by atoms with E-state index in [2.05, 4.69) is 13.8 Å². The molecule has 0 heterocycles. The lowest BCUT2D eigenvalue weighted by molar-refractivity contribution is 0.617. The van der Waals surface area contributed by atoms with Gasteiger partial charge in [-0.2, -0.15) is 0 Å². The predicted molar refractivity (Wildman–Crippen MR) is 35.9 cm³/mol. The molecule has 0 bridgehead atoms. The van der Waals surface area contributed by atoms with Crippen molar-refractivity contribution in [3.05, 3.63) is 13.8 Å². The van der Waals surface area contributed by atoms with Gasteiger partial charge in [0.2, 0.25) is 0 Å². The topological polar surface area (TPSA) is 52.0 Å². The molecule has 0 aliphatic heterocycles. The molecule has 0 aromatic carbocycles. The van der Waals surface area contributed by atoms with E-state index in [1.165, 1.54) is 0 Å². The summed E-state index contributed by atoms with van der Waals surface area (Å²) in [6.07, 6.45) is 1.73. The Hall–Kier alpha value is -0.0800. The van der Waals surface area contributed by atoms with E-state index in [1.807, 2.05) is 0 Å². The SMILES string of the molecule is [CH2]C(N)CCC([CH2])N. The Morgan fingerprint density at radius 2 is 1.25 bits per heavy atom. The van der Waals surface area contributed by atoms with Crippen molar-refractivity contribution in [2.45, 2.75) is 24.9 Å². The van der Waals surface area contributed by atoms with Crippen LogP contribution in [0.2, 0.25) is 0 Å². The summed E-state index contributed by atoms with van der Waals surface area (Å²) in [6.45, 7) is 7.21. The molecule has 2 radical (unpaired) electrons. The van der Waals surface area contributed by atoms with Gasteiger partial charge in [-0.25, -0.2) is 0 Å². The van der Waals surface area contributed by atoms with Crippen LogP contribution in [0.3, 0.4) is 0 Å². The second-order valence-corrected chi connectivity index (χ2v) is 2.10. The van der Waals surface area contributed by atoms with Gasteiger partial charge in [0.25, 0.3) is 0 Å². The van der Waals surface area contributed by atoms with Gasteiger partial charge in [0.05, 0.1) is 0 Å². The number of hydrogen-bond acceptors (Lipinski definition) is 2. The van der Waals surface area contributed by atoms with Gasteiger partial charge in [-0.15, -0.1) is 0 Å². The van der Waals surface area contributed by atoms with Crippen LogP contribution in [-0.4, -0.2) is 12.1 Å².